The minimum Gasteiger partial charge on any atom is -0.350 e. The highest BCUT2D eigenvalue weighted by Gasteiger charge is 2.10. The van der Waals surface area contributed by atoms with Crippen LogP contribution in [0.15, 0.2) is 24.4 Å². The molecule has 1 heterocycles. The van der Waals surface area contributed by atoms with Crippen molar-refractivity contribution in [2.24, 2.45) is 7.05 Å². The molecular formula is C13H17N. The predicted molar refractivity (Wildman–Crippen MR) is 61.7 cm³/mol. The standard InChI is InChI=1S/C13H17N/c1-9(2)12-10(3)5-6-11-7-8-14(4)13(11)12/h5-9H,1-4H3. The van der Waals surface area contributed by atoms with E-state index in [0.29, 0.717) is 5.92 Å². The van der Waals surface area contributed by atoms with E-state index in [1.165, 1.54) is 22.0 Å². The molecule has 0 amide bonds. The van der Waals surface area contributed by atoms with Crippen molar-refractivity contribution in [3.8, 4) is 0 Å². The van der Waals surface area contributed by atoms with Crippen LogP contribution in [-0.2, 0) is 7.05 Å². The van der Waals surface area contributed by atoms with Gasteiger partial charge in [-0.05, 0) is 35.4 Å². The number of hydrogen-bond donors (Lipinski definition) is 0. The molecule has 74 valence electrons. The molecule has 0 spiro atoms. The Bertz CT molecular complexity index is 463. The van der Waals surface area contributed by atoms with Gasteiger partial charge in [-0.1, -0.05) is 26.0 Å². The lowest BCUT2D eigenvalue weighted by atomic mass is 9.95. The third kappa shape index (κ3) is 1.24. The lowest BCUT2D eigenvalue weighted by Gasteiger charge is -2.13. The summed E-state index contributed by atoms with van der Waals surface area (Å²) in [5.74, 6) is 0.590. The second-order valence-corrected chi connectivity index (χ2v) is 4.32. The second kappa shape index (κ2) is 3.16. The van der Waals surface area contributed by atoms with Crippen LogP contribution in [-0.4, -0.2) is 4.57 Å². The van der Waals surface area contributed by atoms with Crippen LogP contribution in [0, 0.1) is 6.92 Å². The van der Waals surface area contributed by atoms with Crippen LogP contribution in [0.25, 0.3) is 10.9 Å². The van der Waals surface area contributed by atoms with E-state index in [1.807, 2.05) is 0 Å². The SMILES string of the molecule is Cc1ccc2ccn(C)c2c1C(C)C. The molecule has 0 aliphatic heterocycles. The van der Waals surface area contributed by atoms with Gasteiger partial charge >= 0.3 is 0 Å². The van der Waals surface area contributed by atoms with Crippen molar-refractivity contribution < 1.29 is 0 Å². The summed E-state index contributed by atoms with van der Waals surface area (Å²) in [7, 11) is 2.12. The molecule has 0 N–H and O–H groups in total. The largest absolute Gasteiger partial charge is 0.350 e. The third-order valence-corrected chi connectivity index (χ3v) is 2.87. The van der Waals surface area contributed by atoms with Crippen molar-refractivity contribution in [1.29, 1.82) is 0 Å². The van der Waals surface area contributed by atoms with Crippen molar-refractivity contribution in [3.63, 3.8) is 0 Å². The number of aryl methyl sites for hydroxylation is 2. The summed E-state index contributed by atoms with van der Waals surface area (Å²) in [4.78, 5) is 0. The molecule has 2 aromatic rings. The first kappa shape index (κ1) is 9.32. The minimum absolute atomic E-state index is 0.590. The Morgan fingerprint density at radius 1 is 1.14 bits per heavy atom. The van der Waals surface area contributed by atoms with Gasteiger partial charge in [0.25, 0.3) is 0 Å². The van der Waals surface area contributed by atoms with Gasteiger partial charge in [-0.2, -0.15) is 0 Å². The molecule has 0 unspecified atom stereocenters. The fourth-order valence-electron chi connectivity index (χ4n) is 2.25. The fraction of sp³-hybridized carbons (Fsp3) is 0.385. The van der Waals surface area contributed by atoms with Gasteiger partial charge in [0, 0.05) is 13.2 Å². The maximum absolute atomic E-state index is 2.26. The number of aromatic nitrogens is 1. The molecule has 0 aliphatic carbocycles. The van der Waals surface area contributed by atoms with E-state index >= 15 is 0 Å². The molecule has 0 aliphatic rings. The van der Waals surface area contributed by atoms with Crippen LogP contribution in [0.5, 0.6) is 0 Å². The summed E-state index contributed by atoms with van der Waals surface area (Å²) < 4.78 is 2.22. The zero-order valence-electron chi connectivity index (χ0n) is 9.33. The number of fused-ring (bicyclic) bond motifs is 1. The molecule has 2 rings (SSSR count). The van der Waals surface area contributed by atoms with Gasteiger partial charge in [-0.3, -0.25) is 0 Å². The highest BCUT2D eigenvalue weighted by atomic mass is 14.9. The summed E-state index contributed by atoms with van der Waals surface area (Å²) in [6.45, 7) is 6.71. The zero-order valence-corrected chi connectivity index (χ0v) is 9.33. The molecule has 0 saturated carbocycles. The molecule has 1 aromatic heterocycles. The fourth-order valence-corrected chi connectivity index (χ4v) is 2.25. The quantitative estimate of drug-likeness (QED) is 0.642. The average molecular weight is 187 g/mol. The van der Waals surface area contributed by atoms with Crippen LogP contribution < -0.4 is 0 Å². The Labute approximate surface area is 85.4 Å². The van der Waals surface area contributed by atoms with Crippen LogP contribution >= 0.6 is 0 Å². The first-order valence-corrected chi connectivity index (χ1v) is 5.16. The number of rotatable bonds is 1. The Morgan fingerprint density at radius 3 is 2.50 bits per heavy atom. The molecule has 14 heavy (non-hydrogen) atoms. The molecule has 0 fully saturated rings. The Balaban J connectivity index is 2.87. The van der Waals surface area contributed by atoms with Crippen LogP contribution in [0.2, 0.25) is 0 Å². The summed E-state index contributed by atoms with van der Waals surface area (Å²) in [6, 6.07) is 6.61. The van der Waals surface area contributed by atoms with E-state index in [0.717, 1.165) is 0 Å². The van der Waals surface area contributed by atoms with Crippen LogP contribution in [0.3, 0.4) is 0 Å². The van der Waals surface area contributed by atoms with Gasteiger partial charge in [0.05, 0.1) is 5.52 Å². The third-order valence-electron chi connectivity index (χ3n) is 2.87. The van der Waals surface area contributed by atoms with Gasteiger partial charge < -0.3 is 4.57 Å². The second-order valence-electron chi connectivity index (χ2n) is 4.32. The van der Waals surface area contributed by atoms with Crippen molar-refractivity contribution in [2.75, 3.05) is 0 Å². The Hall–Kier alpha value is -1.24. The van der Waals surface area contributed by atoms with Crippen molar-refractivity contribution in [1.82, 2.24) is 4.57 Å². The molecular weight excluding hydrogens is 170 g/mol. The maximum Gasteiger partial charge on any atom is 0.0515 e. The highest BCUT2D eigenvalue weighted by Crippen LogP contribution is 2.28. The Morgan fingerprint density at radius 2 is 1.86 bits per heavy atom. The van der Waals surface area contributed by atoms with E-state index in [4.69, 9.17) is 0 Å². The summed E-state index contributed by atoms with van der Waals surface area (Å²) in [5, 5.41) is 1.35. The number of nitrogens with zero attached hydrogens (tertiary/aromatic N) is 1. The number of hydrogen-bond acceptors (Lipinski definition) is 0. The summed E-state index contributed by atoms with van der Waals surface area (Å²) >= 11 is 0. The Kier molecular flexibility index (Phi) is 2.10. The van der Waals surface area contributed by atoms with E-state index in [-0.39, 0.29) is 0 Å². The average Bonchev–Trinajstić information content (AvgIpc) is 2.47. The first-order valence-electron chi connectivity index (χ1n) is 5.16. The molecule has 0 atom stereocenters. The summed E-state index contributed by atoms with van der Waals surface area (Å²) in [6.07, 6.45) is 2.13. The molecule has 1 nitrogen and oxygen atoms in total. The van der Waals surface area contributed by atoms with Crippen molar-refractivity contribution >= 4 is 10.9 Å². The molecule has 0 radical (unpaired) electrons. The van der Waals surface area contributed by atoms with Gasteiger partial charge in [0.15, 0.2) is 0 Å². The van der Waals surface area contributed by atoms with Gasteiger partial charge in [-0.15, -0.1) is 0 Å². The van der Waals surface area contributed by atoms with Crippen molar-refractivity contribution in [2.45, 2.75) is 26.7 Å². The maximum atomic E-state index is 2.26. The molecule has 0 saturated heterocycles. The molecule has 1 aromatic carbocycles. The van der Waals surface area contributed by atoms with Gasteiger partial charge in [0.2, 0.25) is 0 Å². The van der Waals surface area contributed by atoms with E-state index in [1.54, 1.807) is 0 Å². The van der Waals surface area contributed by atoms with Crippen LogP contribution in [0.1, 0.15) is 30.9 Å². The topological polar surface area (TPSA) is 4.93 Å². The van der Waals surface area contributed by atoms with E-state index in [2.05, 4.69) is 56.8 Å². The zero-order chi connectivity index (χ0) is 10.3. The normalized spacial score (nSPS) is 11.5. The van der Waals surface area contributed by atoms with Crippen LogP contribution in [0.4, 0.5) is 0 Å². The van der Waals surface area contributed by atoms with Gasteiger partial charge in [0.1, 0.15) is 0 Å². The summed E-state index contributed by atoms with van der Waals surface area (Å²) in [5.41, 5.74) is 4.27. The minimum atomic E-state index is 0.590. The van der Waals surface area contributed by atoms with E-state index in [9.17, 15) is 0 Å². The van der Waals surface area contributed by atoms with Crippen molar-refractivity contribution in [3.05, 3.63) is 35.5 Å². The molecule has 1 heteroatoms. The monoisotopic (exact) mass is 187 g/mol. The van der Waals surface area contributed by atoms with Gasteiger partial charge in [-0.25, -0.2) is 0 Å². The number of benzene rings is 1. The smallest absolute Gasteiger partial charge is 0.0515 e. The van der Waals surface area contributed by atoms with E-state index < -0.39 is 0 Å². The lowest BCUT2D eigenvalue weighted by molar-refractivity contribution is 0.848. The highest BCUT2D eigenvalue weighted by molar-refractivity contribution is 5.84. The molecule has 0 bridgehead atoms. The predicted octanol–water partition coefficient (Wildman–Crippen LogP) is 3.61. The first-order chi connectivity index (χ1) is 6.61. The lowest BCUT2D eigenvalue weighted by Crippen LogP contribution is -1.97.